The van der Waals surface area contributed by atoms with Gasteiger partial charge in [0.15, 0.2) is 0 Å². The summed E-state index contributed by atoms with van der Waals surface area (Å²) in [6.07, 6.45) is 2.35. The van der Waals surface area contributed by atoms with Crippen molar-refractivity contribution in [2.75, 3.05) is 11.9 Å². The zero-order valence-corrected chi connectivity index (χ0v) is 12.6. The second-order valence-corrected chi connectivity index (χ2v) is 4.50. The summed E-state index contributed by atoms with van der Waals surface area (Å²) in [5.74, 6) is -1.42. The van der Waals surface area contributed by atoms with Gasteiger partial charge in [-0.05, 0) is 6.92 Å². The molecule has 0 aliphatic carbocycles. The number of anilines is 1. The number of rotatable bonds is 5. The molecular weight excluding hydrogens is 308 g/mol. The Balaban J connectivity index is 2.33. The zero-order valence-electron chi connectivity index (χ0n) is 12.6. The number of aryl methyl sites for hydroxylation is 2. The highest BCUT2D eigenvalue weighted by Gasteiger charge is 2.27. The van der Waals surface area contributed by atoms with E-state index in [-0.39, 0.29) is 23.7 Å². The highest BCUT2D eigenvalue weighted by Crippen LogP contribution is 2.20. The average molecular weight is 322 g/mol. The zero-order chi connectivity index (χ0) is 17.1. The Hall–Kier alpha value is -3.24. The summed E-state index contributed by atoms with van der Waals surface area (Å²) >= 11 is 0. The molecule has 122 valence electrons. The minimum absolute atomic E-state index is 0.0429. The van der Waals surface area contributed by atoms with E-state index in [4.69, 9.17) is 4.74 Å². The first-order valence-corrected chi connectivity index (χ1v) is 6.53. The topological polar surface area (TPSA) is 134 Å². The first-order valence-electron chi connectivity index (χ1n) is 6.53. The number of hydrogen-bond donors (Lipinski definition) is 1. The number of nitrogens with one attached hydrogen (secondary N) is 1. The van der Waals surface area contributed by atoms with Crippen molar-refractivity contribution in [2.24, 2.45) is 14.1 Å². The van der Waals surface area contributed by atoms with Crippen molar-refractivity contribution in [1.29, 1.82) is 0 Å². The smallest absolute Gasteiger partial charge is 0.343 e. The van der Waals surface area contributed by atoms with Crippen LogP contribution in [0.4, 0.5) is 11.5 Å². The van der Waals surface area contributed by atoms with Crippen LogP contribution in [-0.2, 0) is 18.8 Å². The molecule has 11 heteroatoms. The van der Waals surface area contributed by atoms with Crippen LogP contribution < -0.4 is 5.32 Å². The number of carbonyl (C=O) groups is 2. The lowest BCUT2D eigenvalue weighted by molar-refractivity contribution is -0.385. The molecule has 2 aromatic rings. The Morgan fingerprint density at radius 3 is 2.74 bits per heavy atom. The maximum absolute atomic E-state index is 12.3. The number of aromatic nitrogens is 4. The van der Waals surface area contributed by atoms with Crippen LogP contribution in [0.15, 0.2) is 12.4 Å². The normalized spacial score (nSPS) is 10.4. The Bertz CT molecular complexity index is 777. The van der Waals surface area contributed by atoms with Crippen LogP contribution in [0, 0.1) is 10.1 Å². The minimum atomic E-state index is -0.827. The van der Waals surface area contributed by atoms with Gasteiger partial charge in [0.05, 0.1) is 17.7 Å². The molecule has 0 aliphatic heterocycles. The third kappa shape index (κ3) is 3.17. The van der Waals surface area contributed by atoms with Gasteiger partial charge < -0.3 is 10.1 Å². The number of hydrogen-bond acceptors (Lipinski definition) is 7. The third-order valence-electron chi connectivity index (χ3n) is 2.89. The van der Waals surface area contributed by atoms with Gasteiger partial charge in [-0.3, -0.25) is 24.3 Å². The van der Waals surface area contributed by atoms with Crippen molar-refractivity contribution >= 4 is 23.4 Å². The molecule has 11 nitrogen and oxygen atoms in total. The average Bonchev–Trinajstić information content (AvgIpc) is 3.03. The van der Waals surface area contributed by atoms with E-state index in [9.17, 15) is 19.7 Å². The van der Waals surface area contributed by atoms with Gasteiger partial charge in [-0.1, -0.05) is 0 Å². The van der Waals surface area contributed by atoms with Crippen molar-refractivity contribution < 1.29 is 19.2 Å². The Labute approximate surface area is 130 Å². The molecule has 0 atom stereocenters. The number of carbonyl (C=O) groups excluding carboxylic acids is 2. The molecule has 2 rings (SSSR count). The monoisotopic (exact) mass is 322 g/mol. The summed E-state index contributed by atoms with van der Waals surface area (Å²) in [6.45, 7) is 1.80. The van der Waals surface area contributed by atoms with E-state index >= 15 is 0 Å². The molecule has 0 radical (unpaired) electrons. The SMILES string of the molecule is CCOC(=O)c1cnn(C)c1NC(=O)c1nn(C)cc1[N+](=O)[O-]. The van der Waals surface area contributed by atoms with Gasteiger partial charge in [0.25, 0.3) is 5.91 Å². The quantitative estimate of drug-likeness (QED) is 0.481. The summed E-state index contributed by atoms with van der Waals surface area (Å²) < 4.78 is 7.27. The fourth-order valence-electron chi connectivity index (χ4n) is 1.88. The number of nitrogens with zero attached hydrogens (tertiary/aromatic N) is 5. The van der Waals surface area contributed by atoms with Crippen molar-refractivity contribution in [2.45, 2.75) is 6.92 Å². The molecule has 2 aromatic heterocycles. The van der Waals surface area contributed by atoms with Gasteiger partial charge >= 0.3 is 11.7 Å². The highest BCUT2D eigenvalue weighted by atomic mass is 16.6. The van der Waals surface area contributed by atoms with Crippen molar-refractivity contribution in [1.82, 2.24) is 19.6 Å². The molecule has 0 unspecified atom stereocenters. The van der Waals surface area contributed by atoms with E-state index in [1.807, 2.05) is 0 Å². The Morgan fingerprint density at radius 2 is 2.13 bits per heavy atom. The third-order valence-corrected chi connectivity index (χ3v) is 2.89. The Morgan fingerprint density at radius 1 is 1.43 bits per heavy atom. The molecule has 0 aromatic carbocycles. The van der Waals surface area contributed by atoms with E-state index in [1.165, 1.54) is 25.0 Å². The lowest BCUT2D eigenvalue weighted by atomic mass is 10.3. The molecule has 0 saturated heterocycles. The van der Waals surface area contributed by atoms with Gasteiger partial charge in [-0.15, -0.1) is 0 Å². The van der Waals surface area contributed by atoms with Crippen LogP contribution in [-0.4, -0.2) is 43.0 Å². The molecule has 23 heavy (non-hydrogen) atoms. The number of nitro groups is 1. The van der Waals surface area contributed by atoms with Gasteiger partial charge in [0.1, 0.15) is 17.6 Å². The molecule has 1 amide bonds. The molecule has 0 saturated carbocycles. The van der Waals surface area contributed by atoms with Crippen LogP contribution in [0.3, 0.4) is 0 Å². The van der Waals surface area contributed by atoms with Gasteiger partial charge in [-0.25, -0.2) is 4.79 Å². The van der Waals surface area contributed by atoms with Gasteiger partial charge in [0, 0.05) is 14.1 Å². The predicted octanol–water partition coefficient (Wildman–Crippen LogP) is 0.491. The first kappa shape index (κ1) is 16.1. The second-order valence-electron chi connectivity index (χ2n) is 4.50. The second kappa shape index (κ2) is 6.25. The number of esters is 1. The largest absolute Gasteiger partial charge is 0.462 e. The van der Waals surface area contributed by atoms with E-state index < -0.39 is 22.5 Å². The molecule has 2 heterocycles. The van der Waals surface area contributed by atoms with Gasteiger partial charge in [0.2, 0.25) is 5.69 Å². The Kier molecular flexibility index (Phi) is 4.39. The van der Waals surface area contributed by atoms with E-state index in [1.54, 1.807) is 6.92 Å². The molecule has 0 bridgehead atoms. The first-order chi connectivity index (χ1) is 10.8. The predicted molar refractivity (Wildman–Crippen MR) is 77.0 cm³/mol. The summed E-state index contributed by atoms with van der Waals surface area (Å²) in [6, 6.07) is 0. The van der Waals surface area contributed by atoms with Gasteiger partial charge in [-0.2, -0.15) is 10.2 Å². The minimum Gasteiger partial charge on any atom is -0.462 e. The van der Waals surface area contributed by atoms with Crippen LogP contribution >= 0.6 is 0 Å². The standard InChI is InChI=1S/C12H14N6O5/c1-4-23-12(20)7-5-13-17(3)10(7)14-11(19)9-8(18(21)22)6-16(2)15-9/h5-6H,4H2,1-3H3,(H,14,19). The van der Waals surface area contributed by atoms with E-state index in [2.05, 4.69) is 15.5 Å². The van der Waals surface area contributed by atoms with Crippen LogP contribution in [0.25, 0.3) is 0 Å². The number of ether oxygens (including phenoxy) is 1. The number of amides is 1. The molecule has 0 spiro atoms. The summed E-state index contributed by atoms with van der Waals surface area (Å²) in [7, 11) is 2.96. The van der Waals surface area contributed by atoms with Crippen LogP contribution in [0.1, 0.15) is 27.8 Å². The maximum atomic E-state index is 12.3. The molecular formula is C12H14N6O5. The van der Waals surface area contributed by atoms with E-state index in [0.29, 0.717) is 0 Å². The van der Waals surface area contributed by atoms with E-state index in [0.717, 1.165) is 10.9 Å². The maximum Gasteiger partial charge on any atom is 0.343 e. The molecule has 1 N–H and O–H groups in total. The summed E-state index contributed by atoms with van der Waals surface area (Å²) in [4.78, 5) is 34.3. The summed E-state index contributed by atoms with van der Waals surface area (Å²) in [5, 5.41) is 21.0. The van der Waals surface area contributed by atoms with Crippen molar-refractivity contribution in [3.05, 3.63) is 33.8 Å². The summed E-state index contributed by atoms with van der Waals surface area (Å²) in [5.41, 5.74) is -0.764. The van der Waals surface area contributed by atoms with Crippen molar-refractivity contribution in [3.8, 4) is 0 Å². The van der Waals surface area contributed by atoms with Crippen LogP contribution in [0.5, 0.6) is 0 Å². The highest BCUT2D eigenvalue weighted by molar-refractivity contribution is 6.08. The molecule has 0 fully saturated rings. The van der Waals surface area contributed by atoms with Crippen molar-refractivity contribution in [3.63, 3.8) is 0 Å². The fraction of sp³-hybridized carbons (Fsp3) is 0.333. The molecule has 0 aliphatic rings. The lowest BCUT2D eigenvalue weighted by Gasteiger charge is -2.06. The fourth-order valence-corrected chi connectivity index (χ4v) is 1.88. The lowest BCUT2D eigenvalue weighted by Crippen LogP contribution is -2.19. The van der Waals surface area contributed by atoms with Crippen LogP contribution in [0.2, 0.25) is 0 Å².